The quantitative estimate of drug-likeness (QED) is 0.703. The number of nitrogens with one attached hydrogen (secondary N) is 1. The highest BCUT2D eigenvalue weighted by molar-refractivity contribution is 5.78. The van der Waals surface area contributed by atoms with Crippen LogP contribution in [0.5, 0.6) is 0 Å². The van der Waals surface area contributed by atoms with Gasteiger partial charge >= 0.3 is 0 Å². The van der Waals surface area contributed by atoms with Gasteiger partial charge < -0.3 is 11.1 Å². The summed E-state index contributed by atoms with van der Waals surface area (Å²) in [4.78, 5) is 13.8. The molecule has 0 radical (unpaired) electrons. The van der Waals surface area contributed by atoms with Crippen molar-refractivity contribution in [2.45, 2.75) is 40.7 Å². The van der Waals surface area contributed by atoms with Crippen LogP contribution in [-0.4, -0.2) is 43.5 Å². The molecule has 1 amide bonds. The summed E-state index contributed by atoms with van der Waals surface area (Å²) < 4.78 is 0. The number of carbonyl (C=O) groups excluding carboxylic acids is 1. The molecular weight excluding hydrogens is 214 g/mol. The first-order valence-corrected chi connectivity index (χ1v) is 6.36. The summed E-state index contributed by atoms with van der Waals surface area (Å²) in [5.74, 6) is 0.547. The second-order valence-corrected chi connectivity index (χ2v) is 6.14. The predicted molar refractivity (Wildman–Crippen MR) is 72.8 cm³/mol. The molecule has 1 atom stereocenters. The highest BCUT2D eigenvalue weighted by Gasteiger charge is 2.20. The molecule has 4 heteroatoms. The van der Waals surface area contributed by atoms with E-state index in [1.165, 1.54) is 0 Å². The normalized spacial score (nSPS) is 14.2. The van der Waals surface area contributed by atoms with Crippen LogP contribution in [0.1, 0.15) is 34.6 Å². The Morgan fingerprint density at radius 2 is 1.88 bits per heavy atom. The molecular formula is C13H29N3O. The van der Waals surface area contributed by atoms with E-state index >= 15 is 0 Å². The van der Waals surface area contributed by atoms with E-state index < -0.39 is 0 Å². The number of nitrogens with two attached hydrogens (primary N) is 1. The number of rotatable bonds is 7. The number of amides is 1. The minimum absolute atomic E-state index is 0.0543. The fraction of sp³-hybridized carbons (Fsp3) is 0.923. The van der Waals surface area contributed by atoms with Crippen molar-refractivity contribution in [3.63, 3.8) is 0 Å². The lowest BCUT2D eigenvalue weighted by Crippen LogP contribution is -2.45. The van der Waals surface area contributed by atoms with Crippen molar-refractivity contribution < 1.29 is 4.79 Å². The topological polar surface area (TPSA) is 58.4 Å². The largest absolute Gasteiger partial charge is 0.352 e. The highest BCUT2D eigenvalue weighted by Crippen LogP contribution is 2.13. The summed E-state index contributed by atoms with van der Waals surface area (Å²) in [6.07, 6.45) is 0. The molecule has 0 aliphatic heterocycles. The van der Waals surface area contributed by atoms with Crippen LogP contribution in [0.4, 0.5) is 0 Å². The van der Waals surface area contributed by atoms with Gasteiger partial charge in [0.2, 0.25) is 5.91 Å². The van der Waals surface area contributed by atoms with Crippen molar-refractivity contribution in [1.82, 2.24) is 10.2 Å². The summed E-state index contributed by atoms with van der Waals surface area (Å²) in [5, 5.41) is 3.00. The zero-order valence-electron chi connectivity index (χ0n) is 12.2. The monoisotopic (exact) mass is 243 g/mol. The molecule has 0 heterocycles. The SMILES string of the molecule is CC(C)C(C)NC(=O)CN(C)CC(C)(C)CN. The van der Waals surface area contributed by atoms with Crippen LogP contribution in [0.25, 0.3) is 0 Å². The van der Waals surface area contributed by atoms with E-state index in [4.69, 9.17) is 5.73 Å². The number of nitrogens with zero attached hydrogens (tertiary/aromatic N) is 1. The van der Waals surface area contributed by atoms with Gasteiger partial charge in [0.15, 0.2) is 0 Å². The Labute approximate surface area is 106 Å². The average Bonchev–Trinajstić information content (AvgIpc) is 2.15. The maximum Gasteiger partial charge on any atom is 0.234 e. The van der Waals surface area contributed by atoms with Crippen LogP contribution in [0.15, 0.2) is 0 Å². The number of likely N-dealkylation sites (N-methyl/N-ethyl adjacent to an activating group) is 1. The molecule has 0 saturated carbocycles. The van der Waals surface area contributed by atoms with E-state index in [0.29, 0.717) is 19.0 Å². The lowest BCUT2D eigenvalue weighted by Gasteiger charge is -2.29. The van der Waals surface area contributed by atoms with E-state index in [0.717, 1.165) is 6.54 Å². The zero-order valence-corrected chi connectivity index (χ0v) is 12.2. The first-order valence-electron chi connectivity index (χ1n) is 6.36. The third kappa shape index (κ3) is 7.34. The minimum atomic E-state index is 0.0543. The van der Waals surface area contributed by atoms with Gasteiger partial charge in [0.05, 0.1) is 6.54 Å². The Kier molecular flexibility index (Phi) is 6.72. The Hall–Kier alpha value is -0.610. The summed E-state index contributed by atoms with van der Waals surface area (Å²) >= 11 is 0. The smallest absolute Gasteiger partial charge is 0.234 e. The molecule has 102 valence electrons. The predicted octanol–water partition coefficient (Wildman–Crippen LogP) is 1.06. The van der Waals surface area contributed by atoms with E-state index in [9.17, 15) is 4.79 Å². The minimum Gasteiger partial charge on any atom is -0.352 e. The van der Waals surface area contributed by atoms with Gasteiger partial charge in [0, 0.05) is 12.6 Å². The molecule has 0 fully saturated rings. The molecule has 1 unspecified atom stereocenters. The van der Waals surface area contributed by atoms with Crippen molar-refractivity contribution >= 4 is 5.91 Å². The van der Waals surface area contributed by atoms with Gasteiger partial charge in [0.25, 0.3) is 0 Å². The van der Waals surface area contributed by atoms with E-state index in [-0.39, 0.29) is 17.4 Å². The molecule has 0 aromatic carbocycles. The summed E-state index contributed by atoms with van der Waals surface area (Å²) in [5.41, 5.74) is 5.73. The van der Waals surface area contributed by atoms with Gasteiger partial charge in [-0.1, -0.05) is 27.7 Å². The fourth-order valence-electron chi connectivity index (χ4n) is 1.56. The van der Waals surface area contributed by atoms with Gasteiger partial charge in [-0.2, -0.15) is 0 Å². The zero-order chi connectivity index (χ0) is 13.6. The van der Waals surface area contributed by atoms with Gasteiger partial charge in [-0.15, -0.1) is 0 Å². The molecule has 0 aliphatic rings. The molecule has 0 bridgehead atoms. The van der Waals surface area contributed by atoms with E-state index in [1.807, 2.05) is 18.9 Å². The molecule has 0 rings (SSSR count). The fourth-order valence-corrected chi connectivity index (χ4v) is 1.56. The second-order valence-electron chi connectivity index (χ2n) is 6.14. The van der Waals surface area contributed by atoms with Crippen molar-refractivity contribution in [3.05, 3.63) is 0 Å². The molecule has 0 spiro atoms. The maximum absolute atomic E-state index is 11.8. The average molecular weight is 243 g/mol. The Morgan fingerprint density at radius 1 is 1.35 bits per heavy atom. The molecule has 0 aromatic rings. The van der Waals surface area contributed by atoms with Crippen molar-refractivity contribution in [1.29, 1.82) is 0 Å². The third-order valence-electron chi connectivity index (χ3n) is 3.05. The Balaban J connectivity index is 4.04. The second kappa shape index (κ2) is 6.97. The lowest BCUT2D eigenvalue weighted by molar-refractivity contribution is -0.123. The molecule has 17 heavy (non-hydrogen) atoms. The summed E-state index contributed by atoms with van der Waals surface area (Å²) in [7, 11) is 1.96. The van der Waals surface area contributed by atoms with E-state index in [2.05, 4.69) is 33.0 Å². The lowest BCUT2D eigenvalue weighted by atomic mass is 9.93. The number of hydrogen-bond donors (Lipinski definition) is 2. The van der Waals surface area contributed by atoms with Crippen LogP contribution < -0.4 is 11.1 Å². The van der Waals surface area contributed by atoms with Gasteiger partial charge in [-0.05, 0) is 31.8 Å². The first-order chi connectivity index (χ1) is 7.68. The third-order valence-corrected chi connectivity index (χ3v) is 3.05. The molecule has 4 nitrogen and oxygen atoms in total. The first kappa shape index (κ1) is 16.4. The summed E-state index contributed by atoms with van der Waals surface area (Å²) in [6.45, 7) is 12.3. The van der Waals surface area contributed by atoms with Crippen LogP contribution in [0.2, 0.25) is 0 Å². The molecule has 0 aliphatic carbocycles. The Morgan fingerprint density at radius 3 is 2.29 bits per heavy atom. The van der Waals surface area contributed by atoms with Gasteiger partial charge in [-0.3, -0.25) is 9.69 Å². The number of carbonyl (C=O) groups is 1. The Bertz CT molecular complexity index is 239. The highest BCUT2D eigenvalue weighted by atomic mass is 16.2. The standard InChI is InChI=1S/C13H29N3O/c1-10(2)11(3)15-12(17)7-16(6)9-13(4,5)8-14/h10-11H,7-9,14H2,1-6H3,(H,15,17). The van der Waals surface area contributed by atoms with Crippen LogP contribution in [0.3, 0.4) is 0 Å². The number of hydrogen-bond acceptors (Lipinski definition) is 3. The molecule has 0 aromatic heterocycles. The molecule has 3 N–H and O–H groups in total. The van der Waals surface area contributed by atoms with Crippen molar-refractivity contribution in [2.24, 2.45) is 17.1 Å². The maximum atomic E-state index is 11.8. The van der Waals surface area contributed by atoms with Gasteiger partial charge in [-0.25, -0.2) is 0 Å². The van der Waals surface area contributed by atoms with E-state index in [1.54, 1.807) is 0 Å². The van der Waals surface area contributed by atoms with Crippen molar-refractivity contribution in [3.8, 4) is 0 Å². The van der Waals surface area contributed by atoms with Crippen LogP contribution in [0, 0.1) is 11.3 Å². The van der Waals surface area contributed by atoms with Crippen LogP contribution in [-0.2, 0) is 4.79 Å². The molecule has 0 saturated heterocycles. The summed E-state index contributed by atoms with van der Waals surface area (Å²) in [6, 6.07) is 0.221. The van der Waals surface area contributed by atoms with Crippen LogP contribution >= 0.6 is 0 Å². The van der Waals surface area contributed by atoms with Gasteiger partial charge in [0.1, 0.15) is 0 Å². The van der Waals surface area contributed by atoms with Crippen molar-refractivity contribution in [2.75, 3.05) is 26.7 Å².